The number of nitrogen functional groups attached to an aromatic ring is 2. The van der Waals surface area contributed by atoms with E-state index >= 15 is 0 Å². The Balaban J connectivity index is -0.000000114. The molecule has 0 aliphatic rings. The minimum Gasteiger partial charge on any atom is -0.481 e. The summed E-state index contributed by atoms with van der Waals surface area (Å²) in [5, 5.41) is 48.6. The third-order valence-electron chi connectivity index (χ3n) is 15.7. The number of rotatable bonds is 16. The number of nitrogens with two attached hydrogens (primary N) is 4. The molecule has 796 valence electrons. The van der Waals surface area contributed by atoms with Gasteiger partial charge in [-0.1, -0.05) is 294 Å². The molecule has 0 bridgehead atoms. The van der Waals surface area contributed by atoms with Crippen LogP contribution in [0, 0.1) is 32.5 Å². The average molecular weight is 2250 g/mol. The second-order valence-corrected chi connectivity index (χ2v) is 42.6. The fourth-order valence-corrected chi connectivity index (χ4v) is 8.43. The number of hydrogen-bond donors (Lipinski definition) is 12. The van der Waals surface area contributed by atoms with Gasteiger partial charge in [-0.15, -0.1) is 25.6 Å². The van der Waals surface area contributed by atoms with Crippen molar-refractivity contribution in [3.8, 4) is 0 Å². The maximum atomic E-state index is 11.7. The molecule has 139 heavy (non-hydrogen) atoms. The zero-order chi connectivity index (χ0) is 106. The van der Waals surface area contributed by atoms with Crippen LogP contribution in [0.3, 0.4) is 0 Å². The highest BCUT2D eigenvalue weighted by Crippen LogP contribution is 2.61. The summed E-state index contributed by atoms with van der Waals surface area (Å²) in [5.74, 6) is 11.0. The van der Waals surface area contributed by atoms with Crippen molar-refractivity contribution in [1.29, 1.82) is 0 Å². The summed E-state index contributed by atoms with van der Waals surface area (Å²) in [6.45, 7) is 72.1. The van der Waals surface area contributed by atoms with Gasteiger partial charge < -0.3 is 64.5 Å². The molecule has 0 fully saturated rings. The molecular weight excluding hydrogens is 2080 g/mol. The summed E-state index contributed by atoms with van der Waals surface area (Å²) < 4.78 is 12.2. The smallest absolute Gasteiger partial charge is 0.339 e. The number of carboxylic acid groups (broad SMARTS) is 1. The first-order valence-electron chi connectivity index (χ1n) is 42.0. The molecule has 34 nitrogen and oxygen atoms in total. The molecule has 0 aromatic carbocycles. The molecule has 7 aromatic rings. The number of halogens is 9. The maximum absolute atomic E-state index is 11.7. The van der Waals surface area contributed by atoms with E-state index in [1.54, 1.807) is 115 Å². The number of nitrogens with one attached hydrogen (secondary N) is 4. The van der Waals surface area contributed by atoms with Gasteiger partial charge in [0.1, 0.15) is 45.2 Å². The Morgan fingerprint density at radius 3 is 0.993 bits per heavy atom. The number of carbonyl (C=O) groups excluding carboxylic acids is 6. The van der Waals surface area contributed by atoms with Crippen molar-refractivity contribution in [3.63, 3.8) is 0 Å². The number of hydrogen-bond acceptors (Lipinski definition) is 23. The molecule has 0 aliphatic carbocycles. The molecule has 5 amide bonds. The fourth-order valence-electron chi connectivity index (χ4n) is 7.38. The van der Waals surface area contributed by atoms with Gasteiger partial charge in [-0.05, 0) is 241 Å². The van der Waals surface area contributed by atoms with Crippen LogP contribution in [0.1, 0.15) is 258 Å². The van der Waals surface area contributed by atoms with Crippen LogP contribution < -0.4 is 49.9 Å². The van der Waals surface area contributed by atoms with Crippen LogP contribution in [0.25, 0.3) is 6.08 Å². The Morgan fingerprint density at radius 1 is 0.468 bits per heavy atom. The van der Waals surface area contributed by atoms with Gasteiger partial charge in [-0.2, -0.15) is 9.72 Å². The number of anilines is 6. The van der Waals surface area contributed by atoms with E-state index in [0.717, 1.165) is 68.5 Å². The van der Waals surface area contributed by atoms with E-state index in [4.69, 9.17) is 66.7 Å². The Morgan fingerprint density at radius 2 is 0.763 bits per heavy atom. The van der Waals surface area contributed by atoms with Crippen molar-refractivity contribution in [1.82, 2.24) is 44.4 Å². The van der Waals surface area contributed by atoms with Gasteiger partial charge in [-0.3, -0.25) is 48.6 Å². The van der Waals surface area contributed by atoms with Crippen molar-refractivity contribution in [2.75, 3.05) is 72.0 Å². The van der Waals surface area contributed by atoms with E-state index in [1.807, 2.05) is 152 Å². The molecule has 44 heteroatoms. The van der Waals surface area contributed by atoms with Crippen molar-refractivity contribution >= 4 is 200 Å². The molecule has 0 aliphatic heterocycles. The molecule has 0 radical (unpaired) electrons. The van der Waals surface area contributed by atoms with E-state index in [1.165, 1.54) is 44.8 Å². The molecule has 7 heterocycles. The molecule has 7 aromatic heterocycles. The summed E-state index contributed by atoms with van der Waals surface area (Å²) in [7, 11) is 0. The largest absolute Gasteiger partial charge is 0.481 e. The van der Waals surface area contributed by atoms with Gasteiger partial charge in [0.15, 0.2) is 5.49 Å². The molecule has 0 saturated heterocycles. The van der Waals surface area contributed by atoms with Crippen molar-refractivity contribution in [2.45, 2.75) is 256 Å². The summed E-state index contributed by atoms with van der Waals surface area (Å²) in [6, 6.07) is 25.4. The predicted molar refractivity (Wildman–Crippen MR) is 596 cm³/mol. The van der Waals surface area contributed by atoms with Gasteiger partial charge in [-0.25, -0.2) is 29.9 Å². The number of aromatic nitrogens is 7. The molecule has 7 rings (SSSR count). The highest BCUT2D eigenvalue weighted by atomic mass is 79.9. The van der Waals surface area contributed by atoms with Gasteiger partial charge in [0.05, 0.1) is 0 Å². The van der Waals surface area contributed by atoms with Crippen LogP contribution in [0.2, 0.25) is 10.3 Å². The number of aliphatic carboxylic acids is 1. The standard InChI is InChI=1S/C12H17ClN2O.C12H18N2O2.C12H18N2O.C12H16N2O.C10H13BrN2O.C7H9ClN2.2C6H15N.C5H5BrN2.C5H9ClO.C2H4O2.C2H4.4CH4.Cl3OP.ClH.H4N6.H2O2/c1-5-8-6-7-9(14-10(8)13)15-11(16)12(2,3)4;1-5-9-6-7-10(14(16)8-9)13-11(15)12(2,3)4;2*1-5-9-6-7-10(13-8-9)14-11(15)12(2,3)4;1-10(2,3)9(14)13-8-5-4-7(11)6-12-8;1-2-5-3-4-6(9)10-7(5)8;2*1-4-7(5-2)6-3;6-4-1-2-5(7)8-3-4;1-5(2,3)4(6)7;1-2(3)4;1-2;;;;;1-5(2,3)4;;1-3-5-6-4-2;1-2/h6-7H,5H2,1-4H3,(H,14,15,16);6-8,16H,5H2,1-4H3;6-8H,5H2,1-4H3,(H,13,14,15);5-8H,1H2,2-4H3,(H,13,14,15);4-6H,1-3H3,(H,12,13,14);3-4H,2H2,1H3,(H2,9,10);2*4-6H2,1-3H3;1-3H,(H2,7,8);1-3H3;1H3,(H,3,4);1-2H2;4*1H4;;1H;(H2,1,4,5)(H2,2,3,6);1-2H. The second kappa shape index (κ2) is 87.1. The number of carboxylic acids is 1. The van der Waals surface area contributed by atoms with E-state index in [9.17, 15) is 38.5 Å². The van der Waals surface area contributed by atoms with Crippen LogP contribution in [-0.4, -0.2) is 145 Å². The first kappa shape index (κ1) is 158. The van der Waals surface area contributed by atoms with Crippen LogP contribution in [0.5, 0.6) is 0 Å². The van der Waals surface area contributed by atoms with Crippen LogP contribution in [0.4, 0.5) is 34.9 Å². The normalized spacial score (nSPS) is 10.3. The molecule has 0 saturated carbocycles. The number of aryl methyl sites for hydroxylation is 4. The van der Waals surface area contributed by atoms with Crippen molar-refractivity contribution in [3.05, 3.63) is 188 Å². The van der Waals surface area contributed by atoms with Gasteiger partial charge in [0, 0.05) is 79.3 Å². The number of pyridine rings is 7. The second-order valence-electron chi connectivity index (χ2n) is 33.1. The zero-order valence-corrected chi connectivity index (χ0v) is 93.2. The van der Waals surface area contributed by atoms with Gasteiger partial charge >= 0.3 is 5.20 Å². The molecule has 0 unspecified atom stereocenters. The molecule has 0 atom stereocenters. The van der Waals surface area contributed by atoms with E-state index < -0.39 is 32.8 Å². The summed E-state index contributed by atoms with van der Waals surface area (Å²) in [6.07, 6.45) is 13.6. The van der Waals surface area contributed by atoms with Crippen molar-refractivity contribution < 1.29 is 59.0 Å². The first-order valence-corrected chi connectivity index (χ1v) is 49.2. The summed E-state index contributed by atoms with van der Waals surface area (Å²) in [4.78, 5) is 110. The zero-order valence-electron chi connectivity index (χ0n) is 83.7. The molecule has 0 spiro atoms. The third-order valence-corrected chi connectivity index (χ3v) is 17.9. The lowest BCUT2D eigenvalue weighted by Gasteiger charge is -2.17. The summed E-state index contributed by atoms with van der Waals surface area (Å²) >= 11 is 37.2. The first-order chi connectivity index (χ1) is 61.7. The van der Waals surface area contributed by atoms with Crippen molar-refractivity contribution in [2.24, 2.45) is 70.1 Å². The topological polar surface area (TPSA) is 520 Å². The van der Waals surface area contributed by atoms with E-state index in [0.29, 0.717) is 45.2 Å². The fraction of sp³-hybridized carbons (Fsp3) is 0.516. The van der Waals surface area contributed by atoms with Crippen LogP contribution >= 0.6 is 118 Å². The van der Waals surface area contributed by atoms with Crippen LogP contribution in [-0.2, 0) is 63.8 Å². The predicted octanol–water partition coefficient (Wildman–Crippen LogP) is 27.3. The SMILES string of the molecule is C.C.C.C.C=C.C=Cc1ccc(NC(=O)C(C)(C)C)nc1.CC(=O)O.CC(C)(C)C(=O)Cl.CC(C)(C)C(=O)Nc1ccc(Br)cn1.CCN(CC)CC.CCN(CC)CC.CCc1ccc(=NC(=O)C(C)(C)C)n(O)c1.CCc1ccc(N)nc1Cl.CCc1ccc(NC(=O)C(C)(C)C)nc1.CCc1ccc(NC(=O)C(C)(C)C)nc1Cl.Cl.N/N=N/N=N/N.Nc1ccc(Br)cn1.O=P(Cl)(Cl)Cl.OO. The van der Waals surface area contributed by atoms with E-state index in [2.05, 4.69) is 232 Å². The highest BCUT2D eigenvalue weighted by Gasteiger charge is 2.26. The maximum Gasteiger partial charge on any atom is 0.339 e. The Labute approximate surface area is 882 Å². The average Bonchev–Trinajstić information content (AvgIpc) is 0.839. The number of carbonyl (C=O) groups is 7. The minimum atomic E-state index is -3.22. The Kier molecular flexibility index (Phi) is 99.2. The van der Waals surface area contributed by atoms with Gasteiger partial charge in [0.25, 0.3) is 11.9 Å². The molecular formula is C95H166Br2Cl7N22O12P. The monoisotopic (exact) mass is 2240 g/mol. The lowest BCUT2D eigenvalue weighted by atomic mass is 9.96. The quantitative estimate of drug-likeness (QED) is 0.00492. The van der Waals surface area contributed by atoms with E-state index in [-0.39, 0.29) is 93.2 Å². The Hall–Kier alpha value is -8.72. The lowest BCUT2D eigenvalue weighted by Crippen LogP contribution is -2.28. The Bertz CT molecular complexity index is 4550. The number of nitrogens with zero attached hydrogens (tertiary/aromatic N) is 14. The highest BCUT2D eigenvalue weighted by molar-refractivity contribution is 9.10. The van der Waals surface area contributed by atoms with Crippen LogP contribution in [0.15, 0.2) is 170 Å². The molecule has 16 N–H and O–H groups in total. The number of amides is 5. The lowest BCUT2D eigenvalue weighted by molar-refractivity contribution is -0.176. The minimum absolute atomic E-state index is 0. The van der Waals surface area contributed by atoms with Gasteiger partial charge in [0.2, 0.25) is 28.9 Å². The summed E-state index contributed by atoms with van der Waals surface area (Å²) in [5.41, 5.74) is 13.5. The third kappa shape index (κ3) is 91.5.